The Bertz CT molecular complexity index is 362. The molecule has 102 valence electrons. The fourth-order valence-electron chi connectivity index (χ4n) is 2.94. The summed E-state index contributed by atoms with van der Waals surface area (Å²) in [4.78, 5) is 26.8. The number of carbonyl (C=O) groups is 2. The van der Waals surface area contributed by atoms with Gasteiger partial charge in [-0.2, -0.15) is 11.8 Å². The predicted molar refractivity (Wildman–Crippen MR) is 73.5 cm³/mol. The Morgan fingerprint density at radius 2 is 1.89 bits per heavy atom. The zero-order chi connectivity index (χ0) is 13.4. The monoisotopic (exact) mass is 270 g/mol. The molecule has 18 heavy (non-hydrogen) atoms. The van der Waals surface area contributed by atoms with Crippen LogP contribution in [0.3, 0.4) is 0 Å². The van der Waals surface area contributed by atoms with E-state index in [0.29, 0.717) is 6.54 Å². The van der Waals surface area contributed by atoms with E-state index in [1.54, 1.807) is 16.7 Å². The maximum atomic E-state index is 12.7. The first-order valence-corrected chi connectivity index (χ1v) is 7.97. The predicted octanol–water partition coefficient (Wildman–Crippen LogP) is 1.40. The third-order valence-corrected chi connectivity index (χ3v) is 4.80. The third kappa shape index (κ3) is 2.02. The first kappa shape index (κ1) is 13.7. The highest BCUT2D eigenvalue weighted by atomic mass is 32.2. The molecule has 0 radical (unpaired) electrons. The minimum atomic E-state index is -0.722. The van der Waals surface area contributed by atoms with E-state index >= 15 is 0 Å². The normalized spacial score (nSPS) is 25.6. The number of nitrogens with zero attached hydrogens (tertiary/aromatic N) is 1. The highest BCUT2D eigenvalue weighted by Gasteiger charge is 2.54. The van der Waals surface area contributed by atoms with Crippen LogP contribution in [-0.4, -0.2) is 46.3 Å². The van der Waals surface area contributed by atoms with Crippen molar-refractivity contribution in [2.45, 2.75) is 50.6 Å². The molecule has 1 spiro atoms. The molecule has 1 aliphatic carbocycles. The van der Waals surface area contributed by atoms with Crippen LogP contribution in [0.5, 0.6) is 0 Å². The molecule has 1 saturated heterocycles. The van der Waals surface area contributed by atoms with Crippen LogP contribution in [0.15, 0.2) is 0 Å². The first-order valence-electron chi connectivity index (χ1n) is 6.58. The lowest BCUT2D eigenvalue weighted by Gasteiger charge is -2.48. The van der Waals surface area contributed by atoms with Crippen molar-refractivity contribution in [3.05, 3.63) is 0 Å². The fourth-order valence-corrected chi connectivity index (χ4v) is 3.30. The second kappa shape index (κ2) is 4.76. The summed E-state index contributed by atoms with van der Waals surface area (Å²) in [5.74, 6) is 0.988. The second-order valence-electron chi connectivity index (χ2n) is 5.75. The molecule has 1 saturated carbocycles. The second-order valence-corrected chi connectivity index (χ2v) is 6.74. The molecule has 0 bridgehead atoms. The van der Waals surface area contributed by atoms with Gasteiger partial charge in [-0.25, -0.2) is 0 Å². The van der Waals surface area contributed by atoms with E-state index in [4.69, 9.17) is 0 Å². The molecule has 0 atom stereocenters. The van der Waals surface area contributed by atoms with Gasteiger partial charge < -0.3 is 10.2 Å². The van der Waals surface area contributed by atoms with Crippen LogP contribution < -0.4 is 5.32 Å². The van der Waals surface area contributed by atoms with Crippen molar-refractivity contribution in [2.24, 2.45) is 0 Å². The quantitative estimate of drug-likeness (QED) is 0.843. The SMILES string of the molecule is CSCCN1C(=O)C2(CCCC2)NC(=O)C1(C)C. The van der Waals surface area contributed by atoms with Crippen molar-refractivity contribution in [2.75, 3.05) is 18.6 Å². The number of hydrogen-bond acceptors (Lipinski definition) is 3. The molecule has 2 rings (SSSR count). The van der Waals surface area contributed by atoms with E-state index in [9.17, 15) is 9.59 Å². The van der Waals surface area contributed by atoms with Crippen LogP contribution in [0.1, 0.15) is 39.5 Å². The molecular formula is C13H22N2O2S. The number of carbonyl (C=O) groups excluding carboxylic acids is 2. The number of piperazine rings is 1. The van der Waals surface area contributed by atoms with E-state index in [1.165, 1.54) is 0 Å². The Labute approximate surface area is 113 Å². The average Bonchev–Trinajstić information content (AvgIpc) is 2.77. The summed E-state index contributed by atoms with van der Waals surface area (Å²) in [5, 5.41) is 3.00. The zero-order valence-electron chi connectivity index (χ0n) is 11.4. The van der Waals surface area contributed by atoms with Gasteiger partial charge >= 0.3 is 0 Å². The number of nitrogens with one attached hydrogen (secondary N) is 1. The van der Waals surface area contributed by atoms with Gasteiger partial charge in [0.05, 0.1) is 0 Å². The van der Waals surface area contributed by atoms with E-state index in [-0.39, 0.29) is 11.8 Å². The standard InChI is InChI=1S/C13H22N2O2S/c1-12(2)10(16)14-13(6-4-5-7-13)11(17)15(12)8-9-18-3/h4-9H2,1-3H3,(H,14,16). The van der Waals surface area contributed by atoms with Crippen molar-refractivity contribution in [1.82, 2.24) is 10.2 Å². The molecular weight excluding hydrogens is 248 g/mol. The molecule has 2 fully saturated rings. The average molecular weight is 270 g/mol. The largest absolute Gasteiger partial charge is 0.340 e. The van der Waals surface area contributed by atoms with Gasteiger partial charge in [-0.15, -0.1) is 0 Å². The van der Waals surface area contributed by atoms with Crippen LogP contribution in [0.2, 0.25) is 0 Å². The fraction of sp³-hybridized carbons (Fsp3) is 0.846. The summed E-state index contributed by atoms with van der Waals surface area (Å²) in [7, 11) is 0. The Kier molecular flexibility index (Phi) is 3.63. The summed E-state index contributed by atoms with van der Waals surface area (Å²) in [6.07, 6.45) is 5.67. The summed E-state index contributed by atoms with van der Waals surface area (Å²) >= 11 is 1.70. The lowest BCUT2D eigenvalue weighted by molar-refractivity contribution is -0.160. The Morgan fingerprint density at radius 1 is 1.28 bits per heavy atom. The van der Waals surface area contributed by atoms with Crippen LogP contribution in [0.4, 0.5) is 0 Å². The van der Waals surface area contributed by atoms with Gasteiger partial charge in [0.1, 0.15) is 11.1 Å². The van der Waals surface area contributed by atoms with Crippen LogP contribution in [0.25, 0.3) is 0 Å². The summed E-state index contributed by atoms with van der Waals surface area (Å²) in [5.41, 5.74) is -1.31. The summed E-state index contributed by atoms with van der Waals surface area (Å²) < 4.78 is 0. The maximum Gasteiger partial charge on any atom is 0.249 e. The highest BCUT2D eigenvalue weighted by Crippen LogP contribution is 2.37. The third-order valence-electron chi connectivity index (χ3n) is 4.21. The van der Waals surface area contributed by atoms with Gasteiger partial charge in [-0.3, -0.25) is 9.59 Å². The Morgan fingerprint density at radius 3 is 2.44 bits per heavy atom. The van der Waals surface area contributed by atoms with Crippen LogP contribution in [-0.2, 0) is 9.59 Å². The van der Waals surface area contributed by atoms with Crippen molar-refractivity contribution in [3.63, 3.8) is 0 Å². The van der Waals surface area contributed by atoms with Gasteiger partial charge in [-0.1, -0.05) is 12.8 Å². The van der Waals surface area contributed by atoms with Crippen molar-refractivity contribution >= 4 is 23.6 Å². The molecule has 0 aromatic carbocycles. The van der Waals surface area contributed by atoms with Crippen molar-refractivity contribution < 1.29 is 9.59 Å². The Hall–Kier alpha value is -0.710. The maximum absolute atomic E-state index is 12.7. The number of hydrogen-bond donors (Lipinski definition) is 1. The summed E-state index contributed by atoms with van der Waals surface area (Å²) in [6.45, 7) is 4.33. The van der Waals surface area contributed by atoms with E-state index in [2.05, 4.69) is 5.32 Å². The van der Waals surface area contributed by atoms with Gasteiger partial charge in [0, 0.05) is 12.3 Å². The van der Waals surface area contributed by atoms with E-state index in [0.717, 1.165) is 31.4 Å². The van der Waals surface area contributed by atoms with Gasteiger partial charge in [0.25, 0.3) is 0 Å². The van der Waals surface area contributed by atoms with Crippen LogP contribution in [0, 0.1) is 0 Å². The minimum absolute atomic E-state index is 0.00916. The number of amides is 2. The molecule has 1 heterocycles. The lowest BCUT2D eigenvalue weighted by atomic mass is 9.86. The highest BCUT2D eigenvalue weighted by molar-refractivity contribution is 7.98. The molecule has 0 aromatic heterocycles. The Balaban J connectivity index is 2.27. The van der Waals surface area contributed by atoms with Gasteiger partial charge in [-0.05, 0) is 32.9 Å². The number of rotatable bonds is 3. The van der Waals surface area contributed by atoms with E-state index < -0.39 is 11.1 Å². The molecule has 2 amide bonds. The molecule has 5 heteroatoms. The van der Waals surface area contributed by atoms with E-state index in [1.807, 2.05) is 20.1 Å². The van der Waals surface area contributed by atoms with Crippen molar-refractivity contribution in [1.29, 1.82) is 0 Å². The van der Waals surface area contributed by atoms with Gasteiger partial charge in [0.15, 0.2) is 0 Å². The molecule has 2 aliphatic rings. The first-order chi connectivity index (χ1) is 8.44. The molecule has 0 aromatic rings. The lowest BCUT2D eigenvalue weighted by Crippen LogP contribution is -2.73. The van der Waals surface area contributed by atoms with Gasteiger partial charge in [0.2, 0.25) is 11.8 Å². The molecule has 4 nitrogen and oxygen atoms in total. The number of thioether (sulfide) groups is 1. The smallest absolute Gasteiger partial charge is 0.249 e. The topological polar surface area (TPSA) is 49.4 Å². The summed E-state index contributed by atoms with van der Waals surface area (Å²) in [6, 6.07) is 0. The van der Waals surface area contributed by atoms with Crippen LogP contribution >= 0.6 is 11.8 Å². The minimum Gasteiger partial charge on any atom is -0.340 e. The molecule has 0 unspecified atom stereocenters. The van der Waals surface area contributed by atoms with Crippen molar-refractivity contribution in [3.8, 4) is 0 Å². The molecule has 1 aliphatic heterocycles. The molecule has 1 N–H and O–H groups in total. The zero-order valence-corrected chi connectivity index (χ0v) is 12.2.